The molecule has 0 aliphatic heterocycles. The molecule has 0 rings (SSSR count). The first-order valence-corrected chi connectivity index (χ1v) is 7.15. The topological polar surface area (TPSA) is 23.6 Å². The fraction of sp³-hybridized carbons (Fsp3) is 0.917. The number of amides is 1. The first-order chi connectivity index (χ1) is 7.52. The number of halogens is 1. The lowest BCUT2D eigenvalue weighted by molar-refractivity contribution is -0.133. The summed E-state index contributed by atoms with van der Waals surface area (Å²) in [7, 11) is 4.08. The largest absolute Gasteiger partial charge is 0.339 e. The van der Waals surface area contributed by atoms with E-state index in [0.717, 1.165) is 31.3 Å². The molecule has 0 heterocycles. The number of likely N-dealkylation sites (N-methyl/N-ethyl adjacent to an activating group) is 2. The van der Waals surface area contributed by atoms with E-state index in [4.69, 9.17) is 0 Å². The molecule has 0 radical (unpaired) electrons. The summed E-state index contributed by atoms with van der Waals surface area (Å²) in [6, 6.07) is 0.302. The van der Waals surface area contributed by atoms with Gasteiger partial charge in [-0.1, -0.05) is 15.9 Å². The van der Waals surface area contributed by atoms with Crippen molar-refractivity contribution in [3.05, 3.63) is 0 Å². The second-order valence-corrected chi connectivity index (χ2v) is 5.23. The van der Waals surface area contributed by atoms with Crippen LogP contribution in [0.2, 0.25) is 0 Å². The third-order valence-corrected chi connectivity index (χ3v) is 3.16. The van der Waals surface area contributed by atoms with Gasteiger partial charge in [0.25, 0.3) is 0 Å². The van der Waals surface area contributed by atoms with E-state index in [-0.39, 0.29) is 5.91 Å². The molecular formula is C12H25BrN2O. The number of carbonyl (C=O) groups excluding carboxylic acids is 1. The molecule has 0 aromatic heterocycles. The molecule has 3 nitrogen and oxygen atoms in total. The summed E-state index contributed by atoms with van der Waals surface area (Å²) < 4.78 is 0. The zero-order chi connectivity index (χ0) is 12.6. The number of carbonyl (C=O) groups is 1. The van der Waals surface area contributed by atoms with Gasteiger partial charge in [0, 0.05) is 30.9 Å². The molecule has 0 fully saturated rings. The summed E-state index contributed by atoms with van der Waals surface area (Å²) in [5, 5.41) is 0.986. The smallest absolute Gasteiger partial charge is 0.222 e. The summed E-state index contributed by atoms with van der Waals surface area (Å²) in [6.45, 7) is 5.90. The Hall–Kier alpha value is -0.0900. The van der Waals surface area contributed by atoms with Crippen LogP contribution >= 0.6 is 15.9 Å². The van der Waals surface area contributed by atoms with Gasteiger partial charge in [-0.2, -0.15) is 0 Å². The van der Waals surface area contributed by atoms with Crippen LogP contribution in [0, 0.1) is 0 Å². The van der Waals surface area contributed by atoms with Gasteiger partial charge in [0.05, 0.1) is 0 Å². The molecule has 16 heavy (non-hydrogen) atoms. The summed E-state index contributed by atoms with van der Waals surface area (Å²) in [6.07, 6.45) is 2.73. The Morgan fingerprint density at radius 1 is 1.31 bits per heavy atom. The average molecular weight is 293 g/mol. The zero-order valence-electron chi connectivity index (χ0n) is 11.0. The Morgan fingerprint density at radius 3 is 2.38 bits per heavy atom. The van der Waals surface area contributed by atoms with Crippen LogP contribution in [-0.2, 0) is 4.79 Å². The van der Waals surface area contributed by atoms with Crippen molar-refractivity contribution in [3.63, 3.8) is 0 Å². The van der Waals surface area contributed by atoms with E-state index in [1.165, 1.54) is 0 Å². The summed E-state index contributed by atoms with van der Waals surface area (Å²) in [4.78, 5) is 16.1. The van der Waals surface area contributed by atoms with E-state index < -0.39 is 0 Å². The SMILES string of the molecule is CCN(C(=O)CCCCBr)C(C)CN(C)C. The maximum Gasteiger partial charge on any atom is 0.222 e. The highest BCUT2D eigenvalue weighted by Gasteiger charge is 2.18. The van der Waals surface area contributed by atoms with Crippen LogP contribution in [0.5, 0.6) is 0 Å². The van der Waals surface area contributed by atoms with Crippen LogP contribution in [0.25, 0.3) is 0 Å². The second-order valence-electron chi connectivity index (χ2n) is 4.44. The molecule has 0 N–H and O–H groups in total. The van der Waals surface area contributed by atoms with Gasteiger partial charge in [-0.05, 0) is 40.8 Å². The Morgan fingerprint density at radius 2 is 1.94 bits per heavy atom. The molecule has 0 saturated carbocycles. The normalized spacial score (nSPS) is 12.9. The van der Waals surface area contributed by atoms with Crippen molar-refractivity contribution in [2.75, 3.05) is 32.5 Å². The lowest BCUT2D eigenvalue weighted by atomic mass is 10.2. The standard InChI is InChI=1S/C12H25BrN2O/c1-5-15(11(2)10-14(3)4)12(16)8-6-7-9-13/h11H,5-10H2,1-4H3. The monoisotopic (exact) mass is 292 g/mol. The van der Waals surface area contributed by atoms with Gasteiger partial charge in [-0.25, -0.2) is 0 Å². The van der Waals surface area contributed by atoms with E-state index >= 15 is 0 Å². The van der Waals surface area contributed by atoms with Gasteiger partial charge in [0.1, 0.15) is 0 Å². The fourth-order valence-corrected chi connectivity index (χ4v) is 2.27. The molecular weight excluding hydrogens is 268 g/mol. The predicted molar refractivity (Wildman–Crippen MR) is 73.0 cm³/mol. The Kier molecular flexibility index (Phi) is 8.94. The Balaban J connectivity index is 4.09. The van der Waals surface area contributed by atoms with Crippen LogP contribution in [0.15, 0.2) is 0 Å². The molecule has 96 valence electrons. The number of unbranched alkanes of at least 4 members (excludes halogenated alkanes) is 1. The minimum Gasteiger partial charge on any atom is -0.339 e. The van der Waals surface area contributed by atoms with Crippen LogP contribution in [-0.4, -0.2) is 54.3 Å². The number of nitrogens with zero attached hydrogens (tertiary/aromatic N) is 2. The number of hydrogen-bond acceptors (Lipinski definition) is 2. The molecule has 0 aliphatic carbocycles. The minimum absolute atomic E-state index is 0.290. The first kappa shape index (κ1) is 15.9. The van der Waals surface area contributed by atoms with Crippen LogP contribution in [0.3, 0.4) is 0 Å². The van der Waals surface area contributed by atoms with Crippen molar-refractivity contribution < 1.29 is 4.79 Å². The first-order valence-electron chi connectivity index (χ1n) is 6.03. The third kappa shape index (κ3) is 6.48. The maximum absolute atomic E-state index is 12.0. The maximum atomic E-state index is 12.0. The van der Waals surface area contributed by atoms with Crippen LogP contribution in [0.4, 0.5) is 0 Å². The molecule has 0 aliphatic rings. The predicted octanol–water partition coefficient (Wildman–Crippen LogP) is 2.35. The van der Waals surface area contributed by atoms with Gasteiger partial charge in [-0.3, -0.25) is 4.79 Å². The molecule has 0 spiro atoms. The lowest BCUT2D eigenvalue weighted by Gasteiger charge is -2.30. The molecule has 1 amide bonds. The van der Waals surface area contributed by atoms with E-state index in [2.05, 4.69) is 34.7 Å². The molecule has 4 heteroatoms. The quantitative estimate of drug-likeness (QED) is 0.506. The van der Waals surface area contributed by atoms with Crippen LogP contribution < -0.4 is 0 Å². The second kappa shape index (κ2) is 8.99. The highest BCUT2D eigenvalue weighted by atomic mass is 79.9. The molecule has 0 aromatic carbocycles. The van der Waals surface area contributed by atoms with Gasteiger partial charge in [0.2, 0.25) is 5.91 Å². The van der Waals surface area contributed by atoms with Crippen molar-refractivity contribution in [1.82, 2.24) is 9.80 Å². The summed E-state index contributed by atoms with van der Waals surface area (Å²) in [5.74, 6) is 0.290. The van der Waals surface area contributed by atoms with Crippen molar-refractivity contribution in [1.29, 1.82) is 0 Å². The molecule has 0 bridgehead atoms. The van der Waals surface area contributed by atoms with Crippen molar-refractivity contribution >= 4 is 21.8 Å². The zero-order valence-corrected chi connectivity index (χ0v) is 12.6. The van der Waals surface area contributed by atoms with E-state index in [9.17, 15) is 4.79 Å². The molecule has 1 unspecified atom stereocenters. The number of hydrogen-bond donors (Lipinski definition) is 0. The highest BCUT2D eigenvalue weighted by Crippen LogP contribution is 2.07. The van der Waals surface area contributed by atoms with Gasteiger partial charge >= 0.3 is 0 Å². The molecule has 0 aromatic rings. The van der Waals surface area contributed by atoms with Crippen molar-refractivity contribution in [2.45, 2.75) is 39.2 Å². The highest BCUT2D eigenvalue weighted by molar-refractivity contribution is 9.09. The molecule has 1 atom stereocenters. The van der Waals surface area contributed by atoms with Crippen molar-refractivity contribution in [3.8, 4) is 0 Å². The van der Waals surface area contributed by atoms with Crippen LogP contribution in [0.1, 0.15) is 33.1 Å². The number of rotatable bonds is 8. The van der Waals surface area contributed by atoms with E-state index in [0.29, 0.717) is 12.5 Å². The lowest BCUT2D eigenvalue weighted by Crippen LogP contribution is -2.43. The Labute approximate surface area is 108 Å². The molecule has 0 saturated heterocycles. The van der Waals surface area contributed by atoms with Gasteiger partial charge in [-0.15, -0.1) is 0 Å². The number of alkyl halides is 1. The van der Waals surface area contributed by atoms with Gasteiger partial charge in [0.15, 0.2) is 0 Å². The fourth-order valence-electron chi connectivity index (χ4n) is 1.88. The van der Waals surface area contributed by atoms with Crippen molar-refractivity contribution in [2.24, 2.45) is 0 Å². The summed E-state index contributed by atoms with van der Waals surface area (Å²) in [5.41, 5.74) is 0. The van der Waals surface area contributed by atoms with E-state index in [1.54, 1.807) is 0 Å². The minimum atomic E-state index is 0.290. The summed E-state index contributed by atoms with van der Waals surface area (Å²) >= 11 is 3.38. The average Bonchev–Trinajstić information content (AvgIpc) is 2.18. The van der Waals surface area contributed by atoms with Gasteiger partial charge < -0.3 is 9.80 Å². The third-order valence-electron chi connectivity index (χ3n) is 2.60. The Bertz CT molecular complexity index is 197. The van der Waals surface area contributed by atoms with E-state index in [1.807, 2.05) is 19.0 Å².